The molecule has 2 N–H and O–H groups in total. The van der Waals surface area contributed by atoms with Crippen LogP contribution < -0.4 is 10.6 Å². The largest absolute Gasteiger partial charge is 0.352 e. The van der Waals surface area contributed by atoms with Crippen molar-refractivity contribution in [2.45, 2.75) is 19.4 Å². The summed E-state index contributed by atoms with van der Waals surface area (Å²) in [6, 6.07) is 12.5. The molecule has 2 heterocycles. The molecular weight excluding hydrogens is 356 g/mol. The van der Waals surface area contributed by atoms with Gasteiger partial charge in [-0.15, -0.1) is 0 Å². The van der Waals surface area contributed by atoms with E-state index in [1.807, 2.05) is 18.2 Å². The Morgan fingerprint density at radius 2 is 1.79 bits per heavy atom. The highest BCUT2D eigenvalue weighted by atomic mass is 16.2. The van der Waals surface area contributed by atoms with Gasteiger partial charge in [-0.25, -0.2) is 0 Å². The monoisotopic (exact) mass is 380 g/mol. The van der Waals surface area contributed by atoms with Gasteiger partial charge in [-0.05, 0) is 42.7 Å². The first-order chi connectivity index (χ1) is 13.6. The van der Waals surface area contributed by atoms with Crippen LogP contribution in [0.15, 0.2) is 54.9 Å². The second-order valence-electron chi connectivity index (χ2n) is 6.80. The minimum Gasteiger partial charge on any atom is -0.352 e. The molecule has 7 nitrogen and oxygen atoms in total. The quantitative estimate of drug-likeness (QED) is 0.792. The Labute approximate surface area is 164 Å². The van der Waals surface area contributed by atoms with Gasteiger partial charge >= 0.3 is 0 Å². The summed E-state index contributed by atoms with van der Waals surface area (Å²) < 4.78 is 0. The van der Waals surface area contributed by atoms with E-state index < -0.39 is 0 Å². The van der Waals surface area contributed by atoms with Crippen LogP contribution in [0, 0.1) is 5.92 Å². The summed E-state index contributed by atoms with van der Waals surface area (Å²) in [5, 5.41) is 5.58. The maximum atomic E-state index is 12.5. The van der Waals surface area contributed by atoms with Gasteiger partial charge in [-0.1, -0.05) is 18.2 Å². The summed E-state index contributed by atoms with van der Waals surface area (Å²) in [4.78, 5) is 42.6. The van der Waals surface area contributed by atoms with Crippen molar-refractivity contribution >= 4 is 17.7 Å². The Morgan fingerprint density at radius 3 is 2.54 bits per heavy atom. The molecule has 7 heteroatoms. The number of carbonyl (C=O) groups excluding carboxylic acids is 3. The molecule has 1 saturated heterocycles. The molecule has 1 aromatic heterocycles. The third-order valence-electron chi connectivity index (χ3n) is 4.80. The smallest absolute Gasteiger partial charge is 0.251 e. The van der Waals surface area contributed by atoms with Crippen LogP contribution in [0.3, 0.4) is 0 Å². The number of nitrogens with zero attached hydrogens (tertiary/aromatic N) is 2. The molecule has 1 aliphatic heterocycles. The highest BCUT2D eigenvalue weighted by Crippen LogP contribution is 2.17. The molecule has 0 aliphatic carbocycles. The summed E-state index contributed by atoms with van der Waals surface area (Å²) in [6.45, 7) is 1.36. The van der Waals surface area contributed by atoms with E-state index >= 15 is 0 Å². The van der Waals surface area contributed by atoms with Crippen LogP contribution in [0.5, 0.6) is 0 Å². The van der Waals surface area contributed by atoms with Crippen molar-refractivity contribution in [3.05, 3.63) is 66.0 Å². The number of likely N-dealkylation sites (tertiary alicyclic amines) is 1. The first kappa shape index (κ1) is 19.5. The van der Waals surface area contributed by atoms with Crippen LogP contribution >= 0.6 is 0 Å². The standard InChI is InChI=1S/C21H24N4O3/c26-19(14-24-20(27)17-5-2-1-3-6-17)25-12-4-7-18(15-25)21(28)23-13-16-8-10-22-11-9-16/h1-3,5-6,8-11,18H,4,7,12-15H2,(H,23,28)(H,24,27). The van der Waals surface area contributed by atoms with E-state index in [0.29, 0.717) is 25.2 Å². The number of benzene rings is 1. The highest BCUT2D eigenvalue weighted by molar-refractivity contribution is 5.96. The third kappa shape index (κ3) is 5.39. The molecule has 0 saturated carbocycles. The minimum absolute atomic E-state index is 0.0531. The van der Waals surface area contributed by atoms with Crippen LogP contribution in [0.2, 0.25) is 0 Å². The van der Waals surface area contributed by atoms with Crippen molar-refractivity contribution in [2.24, 2.45) is 5.92 Å². The molecule has 3 amide bonds. The molecule has 3 rings (SSSR count). The summed E-state index contributed by atoms with van der Waals surface area (Å²) in [7, 11) is 0. The molecule has 146 valence electrons. The molecule has 0 bridgehead atoms. The van der Waals surface area contributed by atoms with Gasteiger partial charge in [-0.2, -0.15) is 0 Å². The lowest BCUT2D eigenvalue weighted by molar-refractivity contribution is -0.135. The topological polar surface area (TPSA) is 91.4 Å². The number of amides is 3. The van der Waals surface area contributed by atoms with Crippen molar-refractivity contribution in [1.82, 2.24) is 20.5 Å². The summed E-state index contributed by atoms with van der Waals surface area (Å²) >= 11 is 0. The van der Waals surface area contributed by atoms with Gasteiger partial charge in [0, 0.05) is 37.6 Å². The van der Waals surface area contributed by atoms with Gasteiger partial charge in [0.1, 0.15) is 0 Å². The molecule has 1 unspecified atom stereocenters. The number of piperidine rings is 1. The van der Waals surface area contributed by atoms with E-state index in [1.54, 1.807) is 41.6 Å². The summed E-state index contributed by atoms with van der Waals surface area (Å²) in [5.41, 5.74) is 1.50. The number of nitrogens with one attached hydrogen (secondary N) is 2. The molecule has 1 fully saturated rings. The maximum absolute atomic E-state index is 12.5. The fourth-order valence-electron chi connectivity index (χ4n) is 3.21. The number of hydrogen-bond acceptors (Lipinski definition) is 4. The second-order valence-corrected chi connectivity index (χ2v) is 6.80. The first-order valence-electron chi connectivity index (χ1n) is 9.41. The Bertz CT molecular complexity index is 811. The van der Waals surface area contributed by atoms with Crippen LogP contribution in [0.1, 0.15) is 28.8 Å². The zero-order chi connectivity index (χ0) is 19.8. The Hall–Kier alpha value is -3.22. The predicted octanol–water partition coefficient (Wildman–Crippen LogP) is 1.37. The molecule has 1 aromatic carbocycles. The number of pyridine rings is 1. The fourth-order valence-corrected chi connectivity index (χ4v) is 3.21. The van der Waals surface area contributed by atoms with Gasteiger partial charge in [0.05, 0.1) is 12.5 Å². The average molecular weight is 380 g/mol. The Kier molecular flexibility index (Phi) is 6.73. The van der Waals surface area contributed by atoms with Crippen LogP contribution in [0.4, 0.5) is 0 Å². The van der Waals surface area contributed by atoms with Crippen molar-refractivity contribution in [3.8, 4) is 0 Å². The molecule has 0 radical (unpaired) electrons. The van der Waals surface area contributed by atoms with Gasteiger partial charge in [0.25, 0.3) is 5.91 Å². The first-order valence-corrected chi connectivity index (χ1v) is 9.41. The maximum Gasteiger partial charge on any atom is 0.251 e. The summed E-state index contributed by atoms with van der Waals surface area (Å²) in [6.07, 6.45) is 4.90. The minimum atomic E-state index is -0.280. The second kappa shape index (κ2) is 9.64. The van der Waals surface area contributed by atoms with Crippen molar-refractivity contribution < 1.29 is 14.4 Å². The molecule has 1 aliphatic rings. The van der Waals surface area contributed by atoms with Crippen molar-refractivity contribution in [2.75, 3.05) is 19.6 Å². The fraction of sp³-hybridized carbons (Fsp3) is 0.333. The summed E-state index contributed by atoms with van der Waals surface area (Å²) in [5.74, 6) is -0.736. The van der Waals surface area contributed by atoms with E-state index in [-0.39, 0.29) is 30.2 Å². The zero-order valence-corrected chi connectivity index (χ0v) is 15.6. The number of hydrogen-bond donors (Lipinski definition) is 2. The van der Waals surface area contributed by atoms with E-state index in [2.05, 4.69) is 15.6 Å². The van der Waals surface area contributed by atoms with Crippen molar-refractivity contribution in [3.63, 3.8) is 0 Å². The normalized spacial score (nSPS) is 16.3. The molecule has 0 spiro atoms. The highest BCUT2D eigenvalue weighted by Gasteiger charge is 2.28. The van der Waals surface area contributed by atoms with Gasteiger partial charge in [0.2, 0.25) is 11.8 Å². The van der Waals surface area contributed by atoms with E-state index in [9.17, 15) is 14.4 Å². The molecular formula is C21H24N4O3. The lowest BCUT2D eigenvalue weighted by atomic mass is 9.97. The lowest BCUT2D eigenvalue weighted by Gasteiger charge is -2.32. The lowest BCUT2D eigenvalue weighted by Crippen LogP contribution is -2.48. The van der Waals surface area contributed by atoms with Crippen LogP contribution in [0.25, 0.3) is 0 Å². The zero-order valence-electron chi connectivity index (χ0n) is 15.6. The number of carbonyl (C=O) groups is 3. The third-order valence-corrected chi connectivity index (χ3v) is 4.80. The Morgan fingerprint density at radius 1 is 1.04 bits per heavy atom. The van der Waals surface area contributed by atoms with E-state index in [4.69, 9.17) is 0 Å². The number of rotatable bonds is 6. The van der Waals surface area contributed by atoms with Gasteiger partial charge < -0.3 is 15.5 Å². The molecule has 1 atom stereocenters. The van der Waals surface area contributed by atoms with Crippen LogP contribution in [-0.4, -0.2) is 47.2 Å². The van der Waals surface area contributed by atoms with Gasteiger partial charge in [0.15, 0.2) is 0 Å². The Balaban J connectivity index is 1.46. The van der Waals surface area contributed by atoms with E-state index in [0.717, 1.165) is 18.4 Å². The number of aromatic nitrogens is 1. The molecule has 28 heavy (non-hydrogen) atoms. The van der Waals surface area contributed by atoms with Gasteiger partial charge in [-0.3, -0.25) is 19.4 Å². The predicted molar refractivity (Wildman–Crippen MR) is 104 cm³/mol. The SMILES string of the molecule is O=C(NCC(=O)N1CCCC(C(=O)NCc2ccncc2)C1)c1ccccc1. The van der Waals surface area contributed by atoms with Crippen LogP contribution in [-0.2, 0) is 16.1 Å². The van der Waals surface area contributed by atoms with E-state index in [1.165, 1.54) is 0 Å². The average Bonchev–Trinajstić information content (AvgIpc) is 2.77. The molecule has 2 aromatic rings. The van der Waals surface area contributed by atoms with Crippen molar-refractivity contribution in [1.29, 1.82) is 0 Å².